The summed E-state index contributed by atoms with van der Waals surface area (Å²) in [5.41, 5.74) is 4.04. The predicted octanol–water partition coefficient (Wildman–Crippen LogP) is 8.21. The molecule has 3 aliphatic rings. The molecule has 2 aromatic rings. The van der Waals surface area contributed by atoms with Crippen LogP contribution in [0.4, 0.5) is 13.6 Å². The van der Waals surface area contributed by atoms with Crippen LogP contribution in [0.25, 0.3) is 5.57 Å². The number of aromatic nitrogens is 2. The number of alkyl halides is 1. The van der Waals surface area contributed by atoms with E-state index in [1.54, 1.807) is 41.1 Å². The van der Waals surface area contributed by atoms with Crippen LogP contribution in [0.5, 0.6) is 0 Å². The predicted molar refractivity (Wildman–Crippen MR) is 180 cm³/mol. The lowest BCUT2D eigenvalue weighted by Crippen LogP contribution is -2.41. The highest BCUT2D eigenvalue weighted by Crippen LogP contribution is 2.48. The number of carbonyl (C=O) groups excluding carboxylic acids is 1. The minimum absolute atomic E-state index is 0.0620. The Morgan fingerprint density at radius 1 is 1.31 bits per heavy atom. The van der Waals surface area contributed by atoms with Crippen LogP contribution in [0, 0.1) is 11.7 Å². The number of fused-ring (bicyclic) bond motifs is 1. The van der Waals surface area contributed by atoms with Gasteiger partial charge in [0.1, 0.15) is 17.7 Å². The van der Waals surface area contributed by atoms with E-state index >= 15 is 0 Å². The van der Waals surface area contributed by atoms with E-state index in [9.17, 15) is 13.6 Å². The molecule has 1 aromatic carbocycles. The summed E-state index contributed by atoms with van der Waals surface area (Å²) in [6, 6.07) is 5.32. The van der Waals surface area contributed by atoms with Crippen LogP contribution < -0.4 is 5.32 Å². The van der Waals surface area contributed by atoms with Gasteiger partial charge in [0.25, 0.3) is 0 Å². The first-order valence-electron chi connectivity index (χ1n) is 14.8. The van der Waals surface area contributed by atoms with Crippen LogP contribution in [0.3, 0.4) is 0 Å². The molecular weight excluding hydrogens is 614 g/mol. The van der Waals surface area contributed by atoms with E-state index in [0.29, 0.717) is 37.3 Å². The monoisotopic (exact) mass is 650 g/mol. The number of benzene rings is 1. The Balaban J connectivity index is 1.46. The van der Waals surface area contributed by atoms with Crippen LogP contribution in [0.1, 0.15) is 50.3 Å². The van der Waals surface area contributed by atoms with Gasteiger partial charge >= 0.3 is 6.03 Å². The molecule has 1 aromatic heterocycles. The summed E-state index contributed by atoms with van der Waals surface area (Å²) in [5.74, 6) is 0.532. The summed E-state index contributed by atoms with van der Waals surface area (Å²) in [6.45, 7) is 12.3. The number of amidine groups is 1. The molecule has 0 aliphatic carbocycles. The topological polar surface area (TPSA) is 65.8 Å². The Bertz CT molecular complexity index is 1600. The number of nitrogens with zero attached hydrogens (tertiary/aromatic N) is 5. The molecule has 5 rings (SSSR count). The number of hydrogen-bond acceptors (Lipinski definition) is 5. The van der Waals surface area contributed by atoms with Gasteiger partial charge in [-0.3, -0.25) is 9.89 Å². The first-order valence-corrected chi connectivity index (χ1v) is 16.2. The molecular formula is C34H37ClF2N6OS. The third kappa shape index (κ3) is 7.34. The second-order valence-corrected chi connectivity index (χ2v) is 12.7. The Morgan fingerprint density at radius 2 is 2.13 bits per heavy atom. The Labute approximate surface area is 272 Å². The molecule has 236 valence electrons. The lowest BCUT2D eigenvalue weighted by atomic mass is 9.91. The maximum atomic E-state index is 14.3. The second kappa shape index (κ2) is 14.5. The summed E-state index contributed by atoms with van der Waals surface area (Å²) in [7, 11) is 0. The van der Waals surface area contributed by atoms with Gasteiger partial charge in [0, 0.05) is 53.9 Å². The number of nitrogens with one attached hydrogen (secondary N) is 1. The molecule has 0 radical (unpaired) electrons. The molecule has 4 atom stereocenters. The zero-order valence-electron chi connectivity index (χ0n) is 25.4. The fourth-order valence-corrected chi connectivity index (χ4v) is 6.98. The molecule has 0 bridgehead atoms. The molecule has 1 fully saturated rings. The minimum Gasteiger partial charge on any atom is -0.337 e. The van der Waals surface area contributed by atoms with Crippen molar-refractivity contribution >= 4 is 40.8 Å². The first-order chi connectivity index (χ1) is 21.7. The highest BCUT2D eigenvalue weighted by molar-refractivity contribution is 8.03. The van der Waals surface area contributed by atoms with Crippen molar-refractivity contribution in [2.75, 3.05) is 19.6 Å². The second-order valence-electron chi connectivity index (χ2n) is 11.2. The van der Waals surface area contributed by atoms with E-state index in [4.69, 9.17) is 16.6 Å². The number of halogens is 3. The summed E-state index contributed by atoms with van der Waals surface area (Å²) in [4.78, 5) is 22.2. The van der Waals surface area contributed by atoms with E-state index in [-0.39, 0.29) is 22.2 Å². The Hall–Kier alpha value is -3.89. The van der Waals surface area contributed by atoms with E-state index in [0.717, 1.165) is 29.1 Å². The number of carbonyl (C=O) groups is 1. The normalized spacial score (nSPS) is 22.1. The standard InChI is InChI=1S/C34H37ClF2N6OS/c1-5-7-8-10-22(3)20-41(6-2)34(44)38-19-24-17-29-31(28-14-15-43(40-28)23(4)36)32(26-13-12-25(37)18-27(26)35)39-33(42(29)21-24)30-11-9-16-45-30/h5-10,12-16,18,23-24,30,32H,1-2,11,17,19-21H2,3-4H3,(H,38,44)/b8-7-,22-10+/t23?,24-,30?,32+/m1/s1. The largest absolute Gasteiger partial charge is 0.337 e. The molecule has 0 spiro atoms. The van der Waals surface area contributed by atoms with Crippen LogP contribution in [0.15, 0.2) is 102 Å². The van der Waals surface area contributed by atoms with Gasteiger partial charge in [-0.05, 0) is 56.2 Å². The van der Waals surface area contributed by atoms with Gasteiger partial charge in [0.05, 0.1) is 10.9 Å². The van der Waals surface area contributed by atoms with Crippen molar-refractivity contribution in [1.29, 1.82) is 0 Å². The number of amides is 2. The van der Waals surface area contributed by atoms with Crippen molar-refractivity contribution in [1.82, 2.24) is 24.9 Å². The number of aliphatic imine (C=N–C) groups is 1. The van der Waals surface area contributed by atoms with Crippen molar-refractivity contribution in [2.45, 2.75) is 44.3 Å². The van der Waals surface area contributed by atoms with E-state index in [2.05, 4.69) is 40.0 Å². The fourth-order valence-electron chi connectivity index (χ4n) is 5.76. The fraction of sp³-hybridized carbons (Fsp3) is 0.324. The summed E-state index contributed by atoms with van der Waals surface area (Å²) >= 11 is 8.33. The lowest BCUT2D eigenvalue weighted by molar-refractivity contribution is 0.216. The molecule has 4 heterocycles. The minimum atomic E-state index is -1.31. The summed E-state index contributed by atoms with van der Waals surface area (Å²) in [5, 5.41) is 10.1. The average molecular weight is 651 g/mol. The molecule has 1 saturated heterocycles. The smallest absolute Gasteiger partial charge is 0.321 e. The van der Waals surface area contributed by atoms with Crippen LogP contribution in [0.2, 0.25) is 5.02 Å². The van der Waals surface area contributed by atoms with Gasteiger partial charge in [-0.1, -0.05) is 66.8 Å². The third-order valence-corrected chi connectivity index (χ3v) is 9.33. The maximum Gasteiger partial charge on any atom is 0.321 e. The summed E-state index contributed by atoms with van der Waals surface area (Å²) < 4.78 is 29.7. The molecule has 1 N–H and O–H groups in total. The van der Waals surface area contributed by atoms with Gasteiger partial charge in [0.2, 0.25) is 0 Å². The van der Waals surface area contributed by atoms with Crippen molar-refractivity contribution in [3.63, 3.8) is 0 Å². The SMILES string of the molecule is C=C/C=C\C=C(/C)CN(C=C)C(=O)NC[C@H]1CC2=C(c3ccn(C(C)F)n3)[C@H](c3ccc(F)cc3Cl)N=C(C3CC=CS3)N2C1. The average Bonchev–Trinajstić information content (AvgIpc) is 3.79. The van der Waals surface area contributed by atoms with Crippen LogP contribution in [-0.4, -0.2) is 56.3 Å². The first kappa shape index (κ1) is 32.5. The molecule has 2 unspecified atom stereocenters. The number of hydrogen-bond donors (Lipinski definition) is 1. The molecule has 7 nitrogen and oxygen atoms in total. The highest BCUT2D eigenvalue weighted by atomic mass is 35.5. The molecule has 11 heteroatoms. The summed E-state index contributed by atoms with van der Waals surface area (Å²) in [6.07, 6.45) is 12.7. The Morgan fingerprint density at radius 3 is 2.80 bits per heavy atom. The van der Waals surface area contributed by atoms with Crippen molar-refractivity contribution in [3.8, 4) is 0 Å². The Kier molecular flexibility index (Phi) is 10.5. The quantitative estimate of drug-likeness (QED) is 0.249. The maximum absolute atomic E-state index is 14.3. The van der Waals surface area contributed by atoms with E-state index in [1.807, 2.05) is 25.2 Å². The van der Waals surface area contributed by atoms with Crippen LogP contribution >= 0.6 is 23.4 Å². The number of thioether (sulfide) groups is 1. The van der Waals surface area contributed by atoms with Gasteiger partial charge in [0.15, 0.2) is 6.30 Å². The van der Waals surface area contributed by atoms with E-state index in [1.165, 1.54) is 29.9 Å². The van der Waals surface area contributed by atoms with Crippen molar-refractivity contribution in [3.05, 3.63) is 119 Å². The van der Waals surface area contributed by atoms with Gasteiger partial charge in [-0.25, -0.2) is 18.3 Å². The van der Waals surface area contributed by atoms with Crippen LogP contribution in [-0.2, 0) is 0 Å². The number of urea groups is 1. The highest BCUT2D eigenvalue weighted by Gasteiger charge is 2.42. The van der Waals surface area contributed by atoms with Crippen molar-refractivity contribution < 1.29 is 13.6 Å². The van der Waals surface area contributed by atoms with E-state index < -0.39 is 18.2 Å². The molecule has 45 heavy (non-hydrogen) atoms. The molecule has 3 aliphatic heterocycles. The third-order valence-electron chi connectivity index (χ3n) is 7.92. The van der Waals surface area contributed by atoms with Gasteiger partial charge < -0.3 is 10.2 Å². The van der Waals surface area contributed by atoms with Gasteiger partial charge in [-0.15, -0.1) is 11.8 Å². The molecule has 2 amide bonds. The van der Waals surface area contributed by atoms with Crippen molar-refractivity contribution in [2.24, 2.45) is 10.9 Å². The zero-order chi connectivity index (χ0) is 32.1. The number of allylic oxidation sites excluding steroid dienone is 6. The zero-order valence-corrected chi connectivity index (χ0v) is 26.9. The molecule has 0 saturated carbocycles. The van der Waals surface area contributed by atoms with Gasteiger partial charge in [-0.2, -0.15) is 5.10 Å². The number of rotatable bonds is 11. The lowest BCUT2D eigenvalue weighted by Gasteiger charge is -2.35.